The fourth-order valence-electron chi connectivity index (χ4n) is 9.19. The molecule has 80 heavy (non-hydrogen) atoms. The molecule has 1 atom stereocenters. The lowest BCUT2D eigenvalue weighted by atomic mass is 10.0. The summed E-state index contributed by atoms with van der Waals surface area (Å²) in [4.78, 5) is 24.6. The molecule has 0 aliphatic rings. The Hall–Kier alpha value is -4.22. The van der Waals surface area contributed by atoms with Gasteiger partial charge in [0.05, 0.1) is 6.61 Å². The van der Waals surface area contributed by atoms with Gasteiger partial charge in [0.15, 0.2) is 6.10 Å². The van der Waals surface area contributed by atoms with Gasteiger partial charge in [-0.1, -0.05) is 327 Å². The van der Waals surface area contributed by atoms with Gasteiger partial charge in [0, 0.05) is 12.8 Å². The summed E-state index contributed by atoms with van der Waals surface area (Å²) < 4.78 is 10.7. The third-order valence-corrected chi connectivity index (χ3v) is 14.1. The maximum absolute atomic E-state index is 12.3. The summed E-state index contributed by atoms with van der Waals surface area (Å²) in [6.45, 7) is 4.03. The second-order valence-corrected chi connectivity index (χ2v) is 21.8. The third kappa shape index (κ3) is 66.3. The van der Waals surface area contributed by atoms with Gasteiger partial charge in [0.2, 0.25) is 0 Å². The smallest absolute Gasteiger partial charge is 0.306 e. The predicted octanol–water partition coefficient (Wildman–Crippen LogP) is 23.3. The van der Waals surface area contributed by atoms with E-state index in [0.717, 1.165) is 128 Å². The first-order chi connectivity index (χ1) is 39.6. The van der Waals surface area contributed by atoms with Crippen LogP contribution in [0.5, 0.6) is 0 Å². The normalized spacial score (nSPS) is 13.2. The Morgan fingerprint density at radius 1 is 0.300 bits per heavy atom. The highest BCUT2D eigenvalue weighted by Crippen LogP contribution is 2.17. The molecule has 0 rings (SSSR count). The van der Waals surface area contributed by atoms with Crippen LogP contribution in [0.1, 0.15) is 296 Å². The van der Waals surface area contributed by atoms with Crippen molar-refractivity contribution in [2.24, 2.45) is 0 Å². The average Bonchev–Trinajstić information content (AvgIpc) is 3.46. The van der Waals surface area contributed by atoms with Crippen LogP contribution >= 0.6 is 0 Å². The van der Waals surface area contributed by atoms with Gasteiger partial charge in [-0.25, -0.2) is 0 Å². The molecule has 0 aromatic carbocycles. The first kappa shape index (κ1) is 75.8. The standard InChI is InChI=1S/C75H124O5/c1-3-5-7-9-11-13-15-17-19-21-23-25-27-29-30-31-32-33-34-35-36-37-38-39-40-41-42-43-44-46-48-50-52-54-56-58-60-62-64-66-68-70-75(78)80-73(71-76)72-79-74(77)69-67-65-63-61-59-57-55-53-51-49-47-45-28-26-24-22-20-18-16-14-12-10-8-6-4-2/h5,7,11,13,17,19,23,25,29-30,32-33,35-36,38-39,41-42,44,46,50,52,56,58,73,76H,3-4,6,8-10,12,14-16,18,20-22,24,26-28,31,34,37,40,43,45,47-49,51,53-55,57,59-72H2,1-2H3/b7-5-,13-11-,19-17-,25-23-,30-29-,33-32-,36-35-,39-38-,42-41-,46-44-,52-50-,58-56-. The summed E-state index contributed by atoms with van der Waals surface area (Å²) in [6, 6.07) is 0. The van der Waals surface area contributed by atoms with Crippen molar-refractivity contribution in [3.63, 3.8) is 0 Å². The summed E-state index contributed by atoms with van der Waals surface area (Å²) in [5.74, 6) is -0.618. The number of hydrogen-bond acceptors (Lipinski definition) is 5. The van der Waals surface area contributed by atoms with Crippen molar-refractivity contribution in [3.05, 3.63) is 146 Å². The minimum atomic E-state index is -0.795. The van der Waals surface area contributed by atoms with Crippen LogP contribution in [0.25, 0.3) is 0 Å². The van der Waals surface area contributed by atoms with E-state index in [0.29, 0.717) is 12.8 Å². The molecule has 0 saturated heterocycles. The molecule has 454 valence electrons. The number of carbonyl (C=O) groups is 2. The third-order valence-electron chi connectivity index (χ3n) is 14.1. The number of carbonyl (C=O) groups excluding carboxylic acids is 2. The lowest BCUT2D eigenvalue weighted by Crippen LogP contribution is -2.28. The van der Waals surface area contributed by atoms with Crippen molar-refractivity contribution in [2.75, 3.05) is 13.2 Å². The van der Waals surface area contributed by atoms with E-state index in [2.05, 4.69) is 160 Å². The molecular weight excluding hydrogens is 981 g/mol. The second kappa shape index (κ2) is 69.1. The monoisotopic (exact) mass is 1100 g/mol. The Bertz CT molecular complexity index is 1680. The topological polar surface area (TPSA) is 72.8 Å². The molecule has 0 saturated carbocycles. The minimum Gasteiger partial charge on any atom is -0.462 e. The Morgan fingerprint density at radius 2 is 0.537 bits per heavy atom. The first-order valence-electron chi connectivity index (χ1n) is 33.4. The zero-order valence-electron chi connectivity index (χ0n) is 52.0. The zero-order chi connectivity index (χ0) is 57.6. The maximum Gasteiger partial charge on any atom is 0.306 e. The molecule has 0 spiro atoms. The molecule has 1 unspecified atom stereocenters. The van der Waals surface area contributed by atoms with Crippen molar-refractivity contribution in [2.45, 2.75) is 302 Å². The molecule has 0 amide bonds. The predicted molar refractivity (Wildman–Crippen MR) is 352 cm³/mol. The number of esters is 2. The number of hydrogen-bond donors (Lipinski definition) is 1. The fraction of sp³-hybridized carbons (Fsp3) is 0.653. The Labute approximate surface area is 495 Å². The van der Waals surface area contributed by atoms with Crippen LogP contribution in [-0.4, -0.2) is 36.4 Å². The Kier molecular flexibility index (Phi) is 65.4. The number of aliphatic hydroxyl groups is 1. The van der Waals surface area contributed by atoms with Gasteiger partial charge in [0.1, 0.15) is 6.61 Å². The molecular formula is C75H124O5. The van der Waals surface area contributed by atoms with Crippen LogP contribution in [0.15, 0.2) is 146 Å². The van der Waals surface area contributed by atoms with Crippen molar-refractivity contribution >= 4 is 11.9 Å². The summed E-state index contributed by atoms with van der Waals surface area (Å²) in [5, 5.41) is 9.68. The highest BCUT2D eigenvalue weighted by molar-refractivity contribution is 5.70. The molecule has 0 aromatic rings. The van der Waals surface area contributed by atoms with E-state index in [-0.39, 0.29) is 25.2 Å². The number of unbranched alkanes of at least 4 members (excludes halogenated alkanes) is 28. The highest BCUT2D eigenvalue weighted by Gasteiger charge is 2.16. The molecule has 5 nitrogen and oxygen atoms in total. The van der Waals surface area contributed by atoms with Crippen LogP contribution < -0.4 is 0 Å². The lowest BCUT2D eigenvalue weighted by Gasteiger charge is -2.15. The Balaban J connectivity index is 3.61. The first-order valence-corrected chi connectivity index (χ1v) is 33.4. The Morgan fingerprint density at radius 3 is 0.812 bits per heavy atom. The second-order valence-electron chi connectivity index (χ2n) is 21.8. The lowest BCUT2D eigenvalue weighted by molar-refractivity contribution is -0.161. The van der Waals surface area contributed by atoms with E-state index < -0.39 is 6.10 Å². The molecule has 5 heteroatoms. The molecule has 0 aliphatic heterocycles. The van der Waals surface area contributed by atoms with Crippen molar-refractivity contribution in [3.8, 4) is 0 Å². The number of aliphatic hydroxyl groups excluding tert-OH is 1. The van der Waals surface area contributed by atoms with Crippen molar-refractivity contribution in [1.82, 2.24) is 0 Å². The quantitative estimate of drug-likeness (QED) is 0.0373. The van der Waals surface area contributed by atoms with Gasteiger partial charge in [-0.05, 0) is 103 Å². The fourth-order valence-corrected chi connectivity index (χ4v) is 9.19. The largest absolute Gasteiger partial charge is 0.462 e. The highest BCUT2D eigenvalue weighted by atomic mass is 16.6. The van der Waals surface area contributed by atoms with Gasteiger partial charge in [0.25, 0.3) is 0 Å². The van der Waals surface area contributed by atoms with Crippen molar-refractivity contribution < 1.29 is 24.2 Å². The van der Waals surface area contributed by atoms with Gasteiger partial charge in [-0.2, -0.15) is 0 Å². The molecule has 1 N–H and O–H groups in total. The summed E-state index contributed by atoms with van der Waals surface area (Å²) >= 11 is 0. The van der Waals surface area contributed by atoms with Crippen LogP contribution in [-0.2, 0) is 19.1 Å². The number of allylic oxidation sites excluding steroid dienone is 24. The molecule has 0 fully saturated rings. The molecule has 0 heterocycles. The van der Waals surface area contributed by atoms with Gasteiger partial charge in [-0.3, -0.25) is 9.59 Å². The molecule has 0 aliphatic carbocycles. The van der Waals surface area contributed by atoms with Crippen LogP contribution in [0.3, 0.4) is 0 Å². The summed E-state index contributed by atoms with van der Waals surface area (Å²) in [5.41, 5.74) is 0. The van der Waals surface area contributed by atoms with E-state index in [1.165, 1.54) is 141 Å². The zero-order valence-corrected chi connectivity index (χ0v) is 52.0. The van der Waals surface area contributed by atoms with Crippen LogP contribution in [0, 0.1) is 0 Å². The molecule has 0 aromatic heterocycles. The van der Waals surface area contributed by atoms with Gasteiger partial charge in [-0.15, -0.1) is 0 Å². The van der Waals surface area contributed by atoms with Crippen molar-refractivity contribution in [1.29, 1.82) is 0 Å². The van der Waals surface area contributed by atoms with Gasteiger partial charge < -0.3 is 14.6 Å². The van der Waals surface area contributed by atoms with E-state index in [9.17, 15) is 14.7 Å². The molecule has 0 radical (unpaired) electrons. The molecule has 0 bridgehead atoms. The minimum absolute atomic E-state index is 0.0812. The average molecular weight is 1110 g/mol. The number of ether oxygens (including phenoxy) is 2. The van der Waals surface area contributed by atoms with E-state index in [4.69, 9.17) is 9.47 Å². The van der Waals surface area contributed by atoms with E-state index >= 15 is 0 Å². The van der Waals surface area contributed by atoms with E-state index in [1.807, 2.05) is 0 Å². The summed E-state index contributed by atoms with van der Waals surface area (Å²) in [6.07, 6.45) is 104. The summed E-state index contributed by atoms with van der Waals surface area (Å²) in [7, 11) is 0. The SMILES string of the molecule is CC/C=C\C/C=C\C/C=C\C/C=C\C/C=C\C/C=C\C/C=C\C/C=C\C/C=C\C/C=C\C/C=C\C/C=C\CCCCCCC(=O)OC(CO)COC(=O)CCCCCCCCCCCCCCCCCCCCCCCCCCC. The van der Waals surface area contributed by atoms with Crippen LogP contribution in [0.4, 0.5) is 0 Å². The number of rotatable bonds is 60. The maximum atomic E-state index is 12.3. The van der Waals surface area contributed by atoms with Gasteiger partial charge >= 0.3 is 11.9 Å². The van der Waals surface area contributed by atoms with Crippen LogP contribution in [0.2, 0.25) is 0 Å². The van der Waals surface area contributed by atoms with E-state index in [1.54, 1.807) is 0 Å².